The van der Waals surface area contributed by atoms with Gasteiger partial charge >= 0.3 is 0 Å². The topological polar surface area (TPSA) is 71.1 Å². The van der Waals surface area contributed by atoms with Gasteiger partial charge in [0.1, 0.15) is 11.9 Å². The predicted octanol–water partition coefficient (Wildman–Crippen LogP) is 4.58. The van der Waals surface area contributed by atoms with E-state index in [0.717, 1.165) is 0 Å². The van der Waals surface area contributed by atoms with Crippen LogP contribution in [0.25, 0.3) is 10.2 Å². The van der Waals surface area contributed by atoms with Crippen molar-refractivity contribution >= 4 is 61.9 Å². The lowest BCUT2D eigenvalue weighted by atomic mass is 10.1. The fraction of sp³-hybridized carbons (Fsp3) is 0.211. The summed E-state index contributed by atoms with van der Waals surface area (Å²) in [6, 6.07) is 10.1. The number of carbonyl (C=O) groups excluding carboxylic acids is 2. The van der Waals surface area contributed by atoms with Crippen LogP contribution in [0.3, 0.4) is 0 Å². The third-order valence-electron chi connectivity index (χ3n) is 3.93. The smallest absolute Gasteiger partial charge is 0.253 e. The third kappa shape index (κ3) is 5.01. The summed E-state index contributed by atoms with van der Waals surface area (Å²) in [5, 5.41) is 6.13. The summed E-state index contributed by atoms with van der Waals surface area (Å²) in [6.07, 6.45) is 2.37. The molecule has 1 unspecified atom stereocenters. The summed E-state index contributed by atoms with van der Waals surface area (Å²) in [6.45, 7) is 0. The monoisotopic (exact) mass is 437 g/mol. The minimum Gasteiger partial charge on any atom is -0.340 e. The molecule has 0 fully saturated rings. The Kier molecular flexibility index (Phi) is 6.88. The highest BCUT2D eigenvalue weighted by atomic mass is 35.5. The van der Waals surface area contributed by atoms with Crippen LogP contribution >= 0.6 is 34.7 Å². The summed E-state index contributed by atoms with van der Waals surface area (Å²) in [7, 11) is 0. The van der Waals surface area contributed by atoms with E-state index >= 15 is 0 Å². The Morgan fingerprint density at radius 2 is 2.07 bits per heavy atom. The number of benzene rings is 2. The van der Waals surface area contributed by atoms with E-state index in [2.05, 4.69) is 15.6 Å². The van der Waals surface area contributed by atoms with Crippen LogP contribution in [0, 0.1) is 5.82 Å². The first kappa shape index (κ1) is 20.6. The molecule has 0 aliphatic carbocycles. The molecule has 28 heavy (non-hydrogen) atoms. The Morgan fingerprint density at radius 3 is 2.82 bits per heavy atom. The Morgan fingerprint density at radius 1 is 1.29 bits per heavy atom. The number of nitrogens with one attached hydrogen (secondary N) is 2. The largest absolute Gasteiger partial charge is 0.340 e. The van der Waals surface area contributed by atoms with Gasteiger partial charge in [0.15, 0.2) is 5.13 Å². The average molecular weight is 438 g/mol. The van der Waals surface area contributed by atoms with Crippen LogP contribution in [0.1, 0.15) is 16.8 Å². The Balaban J connectivity index is 1.75. The van der Waals surface area contributed by atoms with Gasteiger partial charge in [-0.15, -0.1) is 0 Å². The highest BCUT2D eigenvalue weighted by molar-refractivity contribution is 7.98. The van der Waals surface area contributed by atoms with Crippen LogP contribution in [0.15, 0.2) is 42.5 Å². The van der Waals surface area contributed by atoms with Crippen molar-refractivity contribution in [2.45, 2.75) is 12.5 Å². The van der Waals surface area contributed by atoms with Crippen LogP contribution in [-0.2, 0) is 4.79 Å². The van der Waals surface area contributed by atoms with Crippen molar-refractivity contribution in [3.05, 3.63) is 58.9 Å². The molecule has 5 nitrogen and oxygen atoms in total. The number of halogens is 2. The van der Waals surface area contributed by atoms with E-state index in [1.54, 1.807) is 42.1 Å². The van der Waals surface area contributed by atoms with Crippen molar-refractivity contribution in [3.63, 3.8) is 0 Å². The molecule has 0 aliphatic rings. The fourth-order valence-electron chi connectivity index (χ4n) is 2.53. The molecule has 9 heteroatoms. The first-order chi connectivity index (χ1) is 13.5. The number of amides is 2. The van der Waals surface area contributed by atoms with Gasteiger partial charge in [0.05, 0.1) is 20.8 Å². The van der Waals surface area contributed by atoms with Gasteiger partial charge in [0.25, 0.3) is 5.91 Å². The van der Waals surface area contributed by atoms with E-state index in [1.165, 1.54) is 23.5 Å². The van der Waals surface area contributed by atoms with E-state index in [4.69, 9.17) is 11.6 Å². The predicted molar refractivity (Wildman–Crippen MR) is 114 cm³/mol. The number of carbonyl (C=O) groups is 2. The first-order valence-corrected chi connectivity index (χ1v) is 11.0. The van der Waals surface area contributed by atoms with E-state index in [0.29, 0.717) is 38.1 Å². The zero-order chi connectivity index (χ0) is 20.1. The SMILES string of the molecule is CSCCC(NC(=O)c1ccccc1Cl)C(=O)Nc1nc2ccc(F)cc2s1. The van der Waals surface area contributed by atoms with Gasteiger partial charge in [-0.2, -0.15) is 11.8 Å². The second-order valence-electron chi connectivity index (χ2n) is 5.91. The lowest BCUT2D eigenvalue weighted by Crippen LogP contribution is -2.44. The van der Waals surface area contributed by atoms with Crippen molar-refractivity contribution in [1.29, 1.82) is 0 Å². The third-order valence-corrected chi connectivity index (χ3v) is 5.84. The van der Waals surface area contributed by atoms with Gasteiger partial charge in [-0.1, -0.05) is 35.1 Å². The Labute approximate surface area is 174 Å². The lowest BCUT2D eigenvalue weighted by molar-refractivity contribution is -0.118. The summed E-state index contributed by atoms with van der Waals surface area (Å²) >= 11 is 8.82. The Bertz CT molecular complexity index is 1010. The maximum absolute atomic E-state index is 13.3. The molecule has 0 saturated heterocycles. The van der Waals surface area contributed by atoms with E-state index < -0.39 is 11.9 Å². The maximum atomic E-state index is 13.3. The molecule has 0 radical (unpaired) electrons. The highest BCUT2D eigenvalue weighted by Crippen LogP contribution is 2.26. The number of thiazole rings is 1. The van der Waals surface area contributed by atoms with Crippen molar-refractivity contribution in [1.82, 2.24) is 10.3 Å². The second kappa shape index (κ2) is 9.36. The number of rotatable bonds is 7. The standard InChI is InChI=1S/C19H17ClFN3O2S2/c1-27-9-8-15(22-17(25)12-4-2-3-5-13(12)20)18(26)24-19-23-14-7-6-11(21)10-16(14)28-19/h2-7,10,15H,8-9H2,1H3,(H,22,25)(H,23,24,26). The number of fused-ring (bicyclic) bond motifs is 1. The molecule has 2 aromatic carbocycles. The van der Waals surface area contributed by atoms with Crippen LogP contribution in [0.5, 0.6) is 0 Å². The number of hydrogen-bond acceptors (Lipinski definition) is 5. The first-order valence-electron chi connectivity index (χ1n) is 8.39. The molecule has 2 N–H and O–H groups in total. The molecule has 3 aromatic rings. The van der Waals surface area contributed by atoms with Crippen molar-refractivity contribution < 1.29 is 14.0 Å². The maximum Gasteiger partial charge on any atom is 0.253 e. The number of thioether (sulfide) groups is 1. The summed E-state index contributed by atoms with van der Waals surface area (Å²) in [5.74, 6) is -0.475. The normalized spacial score (nSPS) is 12.0. The molecule has 3 rings (SSSR count). The molecular formula is C19H17ClFN3O2S2. The van der Waals surface area contributed by atoms with Gasteiger partial charge < -0.3 is 10.6 Å². The number of aromatic nitrogens is 1. The number of hydrogen-bond donors (Lipinski definition) is 2. The van der Waals surface area contributed by atoms with Gasteiger partial charge in [0.2, 0.25) is 5.91 Å². The second-order valence-corrected chi connectivity index (χ2v) is 8.33. The summed E-state index contributed by atoms with van der Waals surface area (Å²) < 4.78 is 14.0. The van der Waals surface area contributed by atoms with E-state index in [-0.39, 0.29) is 11.7 Å². The van der Waals surface area contributed by atoms with Crippen LogP contribution in [0.4, 0.5) is 9.52 Å². The van der Waals surface area contributed by atoms with Crippen LogP contribution < -0.4 is 10.6 Å². The molecule has 2 amide bonds. The molecule has 1 heterocycles. The van der Waals surface area contributed by atoms with E-state index in [1.807, 2.05) is 6.26 Å². The van der Waals surface area contributed by atoms with E-state index in [9.17, 15) is 14.0 Å². The molecule has 0 saturated carbocycles. The van der Waals surface area contributed by atoms with Gasteiger partial charge in [-0.3, -0.25) is 9.59 Å². The minimum atomic E-state index is -0.750. The number of anilines is 1. The molecule has 1 atom stereocenters. The zero-order valence-electron chi connectivity index (χ0n) is 14.9. The van der Waals surface area contributed by atoms with Crippen molar-refractivity contribution in [3.8, 4) is 0 Å². The molecule has 1 aromatic heterocycles. The summed E-state index contributed by atoms with van der Waals surface area (Å²) in [5.41, 5.74) is 0.907. The summed E-state index contributed by atoms with van der Waals surface area (Å²) in [4.78, 5) is 29.6. The average Bonchev–Trinajstić information content (AvgIpc) is 3.06. The van der Waals surface area contributed by atoms with Gasteiger partial charge in [-0.25, -0.2) is 9.37 Å². The molecule has 0 bridgehead atoms. The fourth-order valence-corrected chi connectivity index (χ4v) is 4.12. The molecule has 146 valence electrons. The van der Waals surface area contributed by atoms with Crippen LogP contribution in [-0.4, -0.2) is 34.8 Å². The van der Waals surface area contributed by atoms with Crippen molar-refractivity contribution in [2.24, 2.45) is 0 Å². The number of nitrogens with zero attached hydrogens (tertiary/aromatic N) is 1. The van der Waals surface area contributed by atoms with Crippen LogP contribution in [0.2, 0.25) is 5.02 Å². The van der Waals surface area contributed by atoms with Gasteiger partial charge in [-0.05, 0) is 48.8 Å². The quantitative estimate of drug-likeness (QED) is 0.567. The highest BCUT2D eigenvalue weighted by Gasteiger charge is 2.23. The zero-order valence-corrected chi connectivity index (χ0v) is 17.3. The lowest BCUT2D eigenvalue weighted by Gasteiger charge is -2.17. The van der Waals surface area contributed by atoms with Gasteiger partial charge in [0, 0.05) is 0 Å². The molecule has 0 aliphatic heterocycles. The van der Waals surface area contributed by atoms with Crippen molar-refractivity contribution in [2.75, 3.05) is 17.3 Å². The molecule has 0 spiro atoms. The Hall–Kier alpha value is -2.16. The minimum absolute atomic E-state index is 0.307. The molecular weight excluding hydrogens is 421 g/mol.